The number of carboxylic acids is 1. The van der Waals surface area contributed by atoms with E-state index < -0.39 is 12.1 Å². The lowest BCUT2D eigenvalue weighted by atomic mass is 9.98. The summed E-state index contributed by atoms with van der Waals surface area (Å²) in [6.45, 7) is 5.69. The van der Waals surface area contributed by atoms with Crippen molar-refractivity contribution in [3.8, 4) is 17.0 Å². The number of carboxylic acid groups (broad SMARTS) is 1. The van der Waals surface area contributed by atoms with Crippen molar-refractivity contribution in [2.24, 2.45) is 0 Å². The van der Waals surface area contributed by atoms with Gasteiger partial charge in [0, 0.05) is 10.9 Å². The predicted molar refractivity (Wildman–Crippen MR) is 91.3 cm³/mol. The van der Waals surface area contributed by atoms with Gasteiger partial charge in [0.2, 0.25) is 0 Å². The minimum absolute atomic E-state index is 0.406. The van der Waals surface area contributed by atoms with Crippen molar-refractivity contribution in [3.05, 3.63) is 47.5 Å². The highest BCUT2D eigenvalue weighted by Gasteiger charge is 2.20. The van der Waals surface area contributed by atoms with Gasteiger partial charge in [-0.1, -0.05) is 24.2 Å². The Morgan fingerprint density at radius 2 is 1.96 bits per heavy atom. The maximum absolute atomic E-state index is 11.2. The molecular weight excluding hydrogens is 306 g/mol. The molecule has 3 rings (SSSR count). The van der Waals surface area contributed by atoms with E-state index in [4.69, 9.17) is 9.26 Å². The predicted octanol–water partition coefficient (Wildman–Crippen LogP) is 4.35. The third kappa shape index (κ3) is 2.73. The summed E-state index contributed by atoms with van der Waals surface area (Å²) in [5.74, 6) is -0.376. The van der Waals surface area contributed by atoms with E-state index in [1.807, 2.05) is 44.2 Å². The molecule has 0 fully saturated rings. The SMILES string of the molecule is CCC(Oc1ccc(-c2noc3ccccc23)c(C)c1C)C(=O)O. The van der Waals surface area contributed by atoms with E-state index in [0.29, 0.717) is 12.2 Å². The molecule has 0 saturated carbocycles. The molecule has 0 aliphatic carbocycles. The summed E-state index contributed by atoms with van der Waals surface area (Å²) in [6, 6.07) is 11.4. The van der Waals surface area contributed by atoms with Gasteiger partial charge in [-0.2, -0.15) is 0 Å². The van der Waals surface area contributed by atoms with Gasteiger partial charge in [-0.25, -0.2) is 4.79 Å². The van der Waals surface area contributed by atoms with Crippen LogP contribution in [-0.2, 0) is 4.79 Å². The summed E-state index contributed by atoms with van der Waals surface area (Å²) in [7, 11) is 0. The molecule has 1 unspecified atom stereocenters. The van der Waals surface area contributed by atoms with Crippen molar-refractivity contribution < 1.29 is 19.2 Å². The van der Waals surface area contributed by atoms with Crippen LogP contribution in [0, 0.1) is 13.8 Å². The molecule has 1 heterocycles. The molecule has 2 aromatic carbocycles. The maximum Gasteiger partial charge on any atom is 0.344 e. The zero-order chi connectivity index (χ0) is 17.3. The number of fused-ring (bicyclic) bond motifs is 1. The molecule has 5 nitrogen and oxygen atoms in total. The van der Waals surface area contributed by atoms with Crippen LogP contribution in [0.5, 0.6) is 5.75 Å². The number of para-hydroxylation sites is 1. The molecule has 0 spiro atoms. The smallest absolute Gasteiger partial charge is 0.344 e. The average Bonchev–Trinajstić information content (AvgIpc) is 3.00. The van der Waals surface area contributed by atoms with Gasteiger partial charge in [-0.15, -0.1) is 0 Å². The molecule has 5 heteroatoms. The number of aromatic nitrogens is 1. The van der Waals surface area contributed by atoms with Gasteiger partial charge in [0.05, 0.1) is 0 Å². The molecule has 24 heavy (non-hydrogen) atoms. The van der Waals surface area contributed by atoms with Crippen LogP contribution in [0.2, 0.25) is 0 Å². The quantitative estimate of drug-likeness (QED) is 0.755. The molecule has 3 aromatic rings. The van der Waals surface area contributed by atoms with E-state index in [-0.39, 0.29) is 0 Å². The lowest BCUT2D eigenvalue weighted by Crippen LogP contribution is -2.26. The Labute approximate surface area is 139 Å². The molecule has 0 saturated heterocycles. The fraction of sp³-hybridized carbons (Fsp3) is 0.263. The number of nitrogens with zero attached hydrogens (tertiary/aromatic N) is 1. The van der Waals surface area contributed by atoms with E-state index >= 15 is 0 Å². The molecule has 0 aliphatic rings. The number of aliphatic carboxylic acids is 1. The second-order valence-corrected chi connectivity index (χ2v) is 5.74. The van der Waals surface area contributed by atoms with Crippen molar-refractivity contribution in [2.45, 2.75) is 33.3 Å². The van der Waals surface area contributed by atoms with Crippen molar-refractivity contribution in [2.75, 3.05) is 0 Å². The molecule has 0 amide bonds. The second kappa shape index (κ2) is 6.35. The number of benzene rings is 2. The van der Waals surface area contributed by atoms with Crippen LogP contribution in [0.4, 0.5) is 0 Å². The average molecular weight is 325 g/mol. The molecular formula is C19H19NO4. The van der Waals surface area contributed by atoms with Gasteiger partial charge in [0.15, 0.2) is 11.7 Å². The zero-order valence-corrected chi connectivity index (χ0v) is 13.9. The van der Waals surface area contributed by atoms with E-state index in [2.05, 4.69) is 5.16 Å². The fourth-order valence-corrected chi connectivity index (χ4v) is 2.72. The fourth-order valence-electron chi connectivity index (χ4n) is 2.72. The Bertz CT molecular complexity index is 898. The van der Waals surface area contributed by atoms with Crippen LogP contribution in [0.1, 0.15) is 24.5 Å². The van der Waals surface area contributed by atoms with E-state index in [1.165, 1.54) is 0 Å². The van der Waals surface area contributed by atoms with Crippen LogP contribution in [0.15, 0.2) is 40.9 Å². The minimum Gasteiger partial charge on any atom is -0.479 e. The monoisotopic (exact) mass is 325 g/mol. The first-order valence-corrected chi connectivity index (χ1v) is 7.87. The number of rotatable bonds is 5. The van der Waals surface area contributed by atoms with E-state index in [1.54, 1.807) is 13.0 Å². The van der Waals surface area contributed by atoms with Crippen LogP contribution >= 0.6 is 0 Å². The Morgan fingerprint density at radius 1 is 1.21 bits per heavy atom. The number of ether oxygens (including phenoxy) is 1. The topological polar surface area (TPSA) is 72.6 Å². The standard InChI is InChI=1S/C19H19NO4/c1-4-15(19(21)22)23-16-10-9-13(11(2)12(16)3)18-14-7-5-6-8-17(14)24-20-18/h5-10,15H,4H2,1-3H3,(H,21,22). The summed E-state index contributed by atoms with van der Waals surface area (Å²) in [4.78, 5) is 11.2. The summed E-state index contributed by atoms with van der Waals surface area (Å²) in [6.07, 6.45) is -0.439. The van der Waals surface area contributed by atoms with Gasteiger partial charge in [-0.05, 0) is 55.7 Å². The first-order chi connectivity index (χ1) is 11.5. The zero-order valence-electron chi connectivity index (χ0n) is 13.9. The summed E-state index contributed by atoms with van der Waals surface area (Å²) < 4.78 is 11.0. The highest BCUT2D eigenvalue weighted by atomic mass is 16.5. The van der Waals surface area contributed by atoms with Crippen molar-refractivity contribution in [3.63, 3.8) is 0 Å². The van der Waals surface area contributed by atoms with Crippen LogP contribution in [0.25, 0.3) is 22.2 Å². The summed E-state index contributed by atoms with van der Waals surface area (Å²) >= 11 is 0. The summed E-state index contributed by atoms with van der Waals surface area (Å²) in [5.41, 5.74) is 4.36. The molecule has 0 radical (unpaired) electrons. The van der Waals surface area contributed by atoms with Crippen LogP contribution < -0.4 is 4.74 Å². The minimum atomic E-state index is -0.957. The Balaban J connectivity index is 2.03. The summed E-state index contributed by atoms with van der Waals surface area (Å²) in [5, 5.41) is 14.3. The largest absolute Gasteiger partial charge is 0.479 e. The van der Waals surface area contributed by atoms with E-state index in [9.17, 15) is 9.90 Å². The van der Waals surface area contributed by atoms with Gasteiger partial charge in [-0.3, -0.25) is 0 Å². The number of hydrogen-bond donors (Lipinski definition) is 1. The lowest BCUT2D eigenvalue weighted by molar-refractivity contribution is -0.145. The highest BCUT2D eigenvalue weighted by Crippen LogP contribution is 2.34. The molecule has 1 aromatic heterocycles. The number of carbonyl (C=O) groups is 1. The van der Waals surface area contributed by atoms with Crippen molar-refractivity contribution in [1.82, 2.24) is 5.16 Å². The first-order valence-electron chi connectivity index (χ1n) is 7.87. The molecule has 124 valence electrons. The van der Waals surface area contributed by atoms with Gasteiger partial charge >= 0.3 is 5.97 Å². The Kier molecular flexibility index (Phi) is 4.25. The van der Waals surface area contributed by atoms with Gasteiger partial charge in [0.1, 0.15) is 11.4 Å². The maximum atomic E-state index is 11.2. The Hall–Kier alpha value is -2.82. The third-order valence-corrected chi connectivity index (χ3v) is 4.29. The van der Waals surface area contributed by atoms with Gasteiger partial charge < -0.3 is 14.4 Å². The second-order valence-electron chi connectivity index (χ2n) is 5.74. The third-order valence-electron chi connectivity index (χ3n) is 4.29. The normalized spacial score (nSPS) is 12.3. The molecule has 1 N–H and O–H groups in total. The Morgan fingerprint density at radius 3 is 2.67 bits per heavy atom. The van der Waals surface area contributed by atoms with Gasteiger partial charge in [0.25, 0.3) is 0 Å². The van der Waals surface area contributed by atoms with E-state index in [0.717, 1.165) is 33.4 Å². The van der Waals surface area contributed by atoms with Crippen LogP contribution in [-0.4, -0.2) is 22.3 Å². The molecule has 0 bridgehead atoms. The van der Waals surface area contributed by atoms with Crippen LogP contribution in [0.3, 0.4) is 0 Å². The first kappa shape index (κ1) is 16.1. The lowest BCUT2D eigenvalue weighted by Gasteiger charge is -2.17. The molecule has 0 aliphatic heterocycles. The molecule has 1 atom stereocenters. The van der Waals surface area contributed by atoms with Crippen molar-refractivity contribution >= 4 is 16.9 Å². The van der Waals surface area contributed by atoms with Crippen molar-refractivity contribution in [1.29, 1.82) is 0 Å². The number of hydrogen-bond acceptors (Lipinski definition) is 4. The highest BCUT2D eigenvalue weighted by molar-refractivity contribution is 5.92.